The molecule has 0 bridgehead atoms. The molecule has 0 fully saturated rings. The Morgan fingerprint density at radius 3 is 1.39 bits per heavy atom. The molecular weight excluding hydrogens is 1060 g/mol. The summed E-state index contributed by atoms with van der Waals surface area (Å²) in [5.74, 6) is 1.69. The summed E-state index contributed by atoms with van der Waals surface area (Å²) in [5.41, 5.74) is 24.7. The van der Waals surface area contributed by atoms with Crippen molar-refractivity contribution in [2.45, 2.75) is 38.5 Å². The van der Waals surface area contributed by atoms with E-state index in [1.54, 1.807) is 0 Å². The minimum atomic E-state index is -0.387. The molecule has 1 heterocycles. The van der Waals surface area contributed by atoms with Gasteiger partial charge in [-0.25, -0.2) is 0 Å². The lowest BCUT2D eigenvalue weighted by Crippen LogP contribution is -2.30. The van der Waals surface area contributed by atoms with Gasteiger partial charge in [-0.3, -0.25) is 0 Å². The second kappa shape index (κ2) is 24.1. The van der Waals surface area contributed by atoms with Crippen LogP contribution in [0.25, 0.3) is 95.3 Å². The molecule has 0 aliphatic heterocycles. The average Bonchev–Trinajstić information content (AvgIpc) is 1.58. The zero-order valence-corrected chi connectivity index (χ0v) is 50.1. The highest BCUT2D eigenvalue weighted by molar-refractivity contribution is 6.11. The Labute approximate surface area is 518 Å². The first kappa shape index (κ1) is 55.4. The van der Waals surface area contributed by atoms with Crippen molar-refractivity contribution in [3.8, 4) is 67.1 Å². The van der Waals surface area contributed by atoms with Crippen molar-refractivity contribution in [1.29, 1.82) is 0 Å². The molecular formula is C85H70N2O. The van der Waals surface area contributed by atoms with Gasteiger partial charge in [0.15, 0.2) is 0 Å². The molecule has 3 unspecified atom stereocenters. The van der Waals surface area contributed by atoms with Crippen LogP contribution in [0.1, 0.15) is 60.9 Å². The van der Waals surface area contributed by atoms with Crippen molar-refractivity contribution < 1.29 is 4.74 Å². The highest BCUT2D eigenvalue weighted by Crippen LogP contribution is 2.57. The zero-order chi connectivity index (χ0) is 59.6. The van der Waals surface area contributed by atoms with Crippen LogP contribution in [-0.2, 0) is 5.41 Å². The number of para-hydroxylation sites is 1. The predicted molar refractivity (Wildman–Crippen MR) is 373 cm³/mol. The maximum absolute atomic E-state index is 6.45. The zero-order valence-electron chi connectivity index (χ0n) is 50.1. The van der Waals surface area contributed by atoms with E-state index in [0.717, 1.165) is 64.5 Å². The quantitative estimate of drug-likeness (QED) is 0.0803. The molecule has 0 radical (unpaired) electrons. The van der Waals surface area contributed by atoms with E-state index in [4.69, 9.17) is 4.74 Å². The Bertz CT molecular complexity index is 4600. The Morgan fingerprint density at radius 2 is 0.830 bits per heavy atom. The fourth-order valence-electron chi connectivity index (χ4n) is 13.7. The van der Waals surface area contributed by atoms with E-state index >= 15 is 0 Å². The van der Waals surface area contributed by atoms with Crippen LogP contribution < -0.4 is 9.64 Å². The summed E-state index contributed by atoms with van der Waals surface area (Å²) in [6.45, 7) is 13.4. The molecule has 0 spiro atoms. The van der Waals surface area contributed by atoms with Crippen molar-refractivity contribution in [2.24, 2.45) is 11.8 Å². The largest absolute Gasteiger partial charge is 0.493 e. The average molecular weight is 1140 g/mol. The lowest BCUT2D eigenvalue weighted by Gasteiger charge is -2.36. The molecule has 12 aromatic carbocycles. The lowest BCUT2D eigenvalue weighted by atomic mass is 9.67. The van der Waals surface area contributed by atoms with Crippen molar-refractivity contribution in [1.82, 2.24) is 4.57 Å². The van der Waals surface area contributed by atoms with Gasteiger partial charge in [-0.15, -0.1) is 0 Å². The molecule has 14 rings (SSSR count). The third-order valence-electron chi connectivity index (χ3n) is 18.3. The summed E-state index contributed by atoms with van der Waals surface area (Å²) in [6.07, 6.45) is 6.88. The van der Waals surface area contributed by atoms with Gasteiger partial charge in [0.1, 0.15) is 5.75 Å². The van der Waals surface area contributed by atoms with Crippen LogP contribution in [0.3, 0.4) is 0 Å². The number of aromatic nitrogens is 1. The Kier molecular flexibility index (Phi) is 15.2. The summed E-state index contributed by atoms with van der Waals surface area (Å²) >= 11 is 0. The summed E-state index contributed by atoms with van der Waals surface area (Å²) < 4.78 is 8.85. The van der Waals surface area contributed by atoms with Gasteiger partial charge in [-0.1, -0.05) is 252 Å². The molecule has 1 aliphatic carbocycles. The lowest BCUT2D eigenvalue weighted by molar-refractivity contribution is 0.240. The van der Waals surface area contributed by atoms with Gasteiger partial charge in [0, 0.05) is 38.9 Å². The summed E-state index contributed by atoms with van der Waals surface area (Å²) in [5, 5.41) is 2.44. The van der Waals surface area contributed by atoms with Crippen LogP contribution >= 0.6 is 0 Å². The summed E-state index contributed by atoms with van der Waals surface area (Å²) in [6, 6.07) is 107. The van der Waals surface area contributed by atoms with Gasteiger partial charge in [0.25, 0.3) is 0 Å². The van der Waals surface area contributed by atoms with Crippen LogP contribution in [0.15, 0.2) is 304 Å². The van der Waals surface area contributed by atoms with E-state index in [1.165, 1.54) is 88.6 Å². The van der Waals surface area contributed by atoms with Gasteiger partial charge in [-0.05, 0) is 193 Å². The fraction of sp³-hybridized carbons (Fsp3) is 0.106. The number of hydrogen-bond donors (Lipinski definition) is 0. The monoisotopic (exact) mass is 1130 g/mol. The van der Waals surface area contributed by atoms with Crippen molar-refractivity contribution >= 4 is 51.0 Å². The van der Waals surface area contributed by atoms with E-state index in [1.807, 2.05) is 12.2 Å². The maximum atomic E-state index is 6.45. The molecule has 426 valence electrons. The molecule has 0 amide bonds. The van der Waals surface area contributed by atoms with Crippen molar-refractivity contribution in [2.75, 3.05) is 11.5 Å². The molecule has 0 N–H and O–H groups in total. The Hall–Kier alpha value is -10.5. The Balaban J connectivity index is 0.804. The third kappa shape index (κ3) is 10.6. The summed E-state index contributed by atoms with van der Waals surface area (Å²) in [4.78, 5) is 2.45. The Morgan fingerprint density at radius 1 is 0.398 bits per heavy atom. The topological polar surface area (TPSA) is 17.4 Å². The number of benzene rings is 12. The van der Waals surface area contributed by atoms with E-state index in [9.17, 15) is 0 Å². The van der Waals surface area contributed by atoms with Gasteiger partial charge in [0.05, 0.1) is 17.6 Å². The maximum Gasteiger partial charge on any atom is 0.119 e. The number of ether oxygens (including phenoxy) is 1. The number of rotatable bonds is 19. The highest BCUT2D eigenvalue weighted by atomic mass is 16.5. The normalized spacial score (nSPS) is 14.0. The number of anilines is 3. The summed E-state index contributed by atoms with van der Waals surface area (Å²) in [7, 11) is 0. The van der Waals surface area contributed by atoms with E-state index in [0.29, 0.717) is 18.4 Å². The second-order valence-electron chi connectivity index (χ2n) is 24.0. The molecule has 0 saturated heterocycles. The first-order valence-corrected chi connectivity index (χ1v) is 31.0. The predicted octanol–water partition coefficient (Wildman–Crippen LogP) is 23.0. The van der Waals surface area contributed by atoms with E-state index in [2.05, 4.69) is 328 Å². The van der Waals surface area contributed by atoms with Gasteiger partial charge in [-0.2, -0.15) is 0 Å². The van der Waals surface area contributed by atoms with Gasteiger partial charge < -0.3 is 14.2 Å². The van der Waals surface area contributed by atoms with Gasteiger partial charge in [0.2, 0.25) is 0 Å². The fourth-order valence-corrected chi connectivity index (χ4v) is 13.7. The number of nitrogens with zero attached hydrogens (tertiary/aromatic N) is 2. The van der Waals surface area contributed by atoms with Crippen LogP contribution in [0.4, 0.5) is 17.1 Å². The van der Waals surface area contributed by atoms with Gasteiger partial charge >= 0.3 is 0 Å². The standard InChI is InChI=1S/C85H70N2O/c1-5-61-28-32-64(33-29-61)66-40-49-76(50-41-66)88-58-60(4)27-26-59(3)57-85(71-20-12-8-13-21-71)81-25-17-16-24-77(81)78-51-48-75(56-82(78)85)86(73-44-36-65(37-45-73)63-18-10-7-11-19-63)74-46-38-68(39-47-74)70-43-53-84-80(55-70)79-54-69(67-34-30-62(6-2)31-35-67)42-52-83(79)87(84)72-22-14-9-15-23-72/h5-25,28-56,59-60H,1-2,26-27,57-58H2,3-4H3. The minimum Gasteiger partial charge on any atom is -0.493 e. The van der Waals surface area contributed by atoms with Crippen LogP contribution in [0.5, 0.6) is 5.75 Å². The van der Waals surface area contributed by atoms with Crippen LogP contribution in [-0.4, -0.2) is 11.2 Å². The molecule has 13 aromatic rings. The smallest absolute Gasteiger partial charge is 0.119 e. The second-order valence-corrected chi connectivity index (χ2v) is 24.0. The van der Waals surface area contributed by atoms with Crippen molar-refractivity contribution in [3.63, 3.8) is 0 Å². The minimum absolute atomic E-state index is 0.383. The first-order chi connectivity index (χ1) is 43.3. The molecule has 3 heteroatoms. The van der Waals surface area contributed by atoms with Crippen LogP contribution in [0, 0.1) is 11.8 Å². The van der Waals surface area contributed by atoms with Crippen molar-refractivity contribution in [3.05, 3.63) is 332 Å². The molecule has 3 atom stereocenters. The molecule has 3 nitrogen and oxygen atoms in total. The first-order valence-electron chi connectivity index (χ1n) is 31.0. The SMILES string of the molecule is C=Cc1ccc(-c2ccc(OCC(C)CCC(C)CC3(c4ccccc4)c4ccccc4-c4ccc(N(c5ccc(-c6ccccc6)cc5)c5ccc(-c6ccc7c(c6)c6cc(-c8ccc(C=C)cc8)ccc6n7-c6ccccc6)cc5)cc43)cc2)cc1. The molecule has 1 aromatic heterocycles. The molecule has 1 aliphatic rings. The molecule has 0 saturated carbocycles. The third-order valence-corrected chi connectivity index (χ3v) is 18.3. The number of hydrogen-bond acceptors (Lipinski definition) is 2. The highest BCUT2D eigenvalue weighted by Gasteiger charge is 2.45. The van der Waals surface area contributed by atoms with E-state index < -0.39 is 0 Å². The molecule has 88 heavy (non-hydrogen) atoms. The van der Waals surface area contributed by atoms with Crippen LogP contribution in [0.2, 0.25) is 0 Å². The number of fused-ring (bicyclic) bond motifs is 6. The van der Waals surface area contributed by atoms with E-state index in [-0.39, 0.29) is 5.41 Å².